The lowest BCUT2D eigenvalue weighted by molar-refractivity contribution is -0.133. The number of fused-ring (bicyclic) bond motifs is 3. The number of aromatic nitrogens is 1. The maximum absolute atomic E-state index is 13.4. The van der Waals surface area contributed by atoms with Gasteiger partial charge in [-0.15, -0.1) is 0 Å². The Bertz CT molecular complexity index is 1220. The molecule has 4 rings (SSSR count). The van der Waals surface area contributed by atoms with E-state index in [1.165, 1.54) is 0 Å². The summed E-state index contributed by atoms with van der Waals surface area (Å²) in [5.74, 6) is -1.22. The number of H-pyrrole nitrogens is 1. The topological polar surface area (TPSA) is 126 Å². The summed E-state index contributed by atoms with van der Waals surface area (Å²) in [5.41, 5.74) is 8.50. The first-order valence-electron chi connectivity index (χ1n) is 12.0. The second kappa shape index (κ2) is 10.2. The third-order valence-electron chi connectivity index (χ3n) is 7.00. The summed E-state index contributed by atoms with van der Waals surface area (Å²) in [6.45, 7) is 3.90. The molecule has 1 aliphatic carbocycles. The van der Waals surface area contributed by atoms with Crippen LogP contribution in [0.4, 0.5) is 4.79 Å². The van der Waals surface area contributed by atoms with Crippen molar-refractivity contribution in [1.82, 2.24) is 15.6 Å². The Hall–Kier alpha value is -3.81. The number of para-hydroxylation sites is 1. The summed E-state index contributed by atoms with van der Waals surface area (Å²) < 4.78 is 5.32. The number of carbonyl (C=O) groups is 3. The molecule has 1 aromatic heterocycles. The van der Waals surface area contributed by atoms with E-state index in [4.69, 9.17) is 10.5 Å². The van der Waals surface area contributed by atoms with Gasteiger partial charge in [0.15, 0.2) is 0 Å². The molecule has 2 aromatic carbocycles. The van der Waals surface area contributed by atoms with Crippen LogP contribution >= 0.6 is 0 Å². The van der Waals surface area contributed by atoms with Gasteiger partial charge >= 0.3 is 6.09 Å². The Morgan fingerprint density at radius 1 is 1.11 bits per heavy atom. The molecule has 0 unspecified atom stereocenters. The Morgan fingerprint density at radius 2 is 1.83 bits per heavy atom. The van der Waals surface area contributed by atoms with Gasteiger partial charge in [0, 0.05) is 23.0 Å². The molecule has 184 valence electrons. The van der Waals surface area contributed by atoms with Crippen LogP contribution in [-0.2, 0) is 33.8 Å². The van der Waals surface area contributed by atoms with Gasteiger partial charge in [0.1, 0.15) is 18.2 Å². The van der Waals surface area contributed by atoms with Gasteiger partial charge in [0.2, 0.25) is 11.8 Å². The van der Waals surface area contributed by atoms with Crippen molar-refractivity contribution in [2.75, 3.05) is 0 Å². The Labute approximate surface area is 204 Å². The molecule has 0 bridgehead atoms. The highest BCUT2D eigenvalue weighted by Gasteiger charge is 2.44. The zero-order valence-corrected chi connectivity index (χ0v) is 20.1. The second-order valence-corrected chi connectivity index (χ2v) is 9.31. The number of nitrogens with one attached hydrogen (secondary N) is 3. The largest absolute Gasteiger partial charge is 0.445 e. The number of benzene rings is 2. The molecule has 8 heteroatoms. The van der Waals surface area contributed by atoms with Crippen molar-refractivity contribution in [3.63, 3.8) is 0 Å². The Balaban J connectivity index is 1.50. The summed E-state index contributed by atoms with van der Waals surface area (Å²) >= 11 is 0. The van der Waals surface area contributed by atoms with E-state index in [0.29, 0.717) is 25.7 Å². The second-order valence-electron chi connectivity index (χ2n) is 9.31. The number of ether oxygens (including phenoxy) is 1. The van der Waals surface area contributed by atoms with E-state index < -0.39 is 29.5 Å². The van der Waals surface area contributed by atoms with E-state index in [0.717, 1.165) is 27.7 Å². The molecule has 1 heterocycles. The van der Waals surface area contributed by atoms with Crippen LogP contribution in [0.25, 0.3) is 10.9 Å². The molecule has 3 amide bonds. The first-order chi connectivity index (χ1) is 16.8. The normalized spacial score (nSPS) is 18.8. The average Bonchev–Trinajstić information content (AvgIpc) is 3.23. The van der Waals surface area contributed by atoms with E-state index in [9.17, 15) is 14.4 Å². The van der Waals surface area contributed by atoms with Crippen LogP contribution in [0.3, 0.4) is 0 Å². The van der Waals surface area contributed by atoms with Crippen LogP contribution in [0, 0.1) is 5.92 Å². The zero-order chi connectivity index (χ0) is 25.0. The van der Waals surface area contributed by atoms with Crippen LogP contribution in [0.2, 0.25) is 0 Å². The van der Waals surface area contributed by atoms with Crippen molar-refractivity contribution < 1.29 is 19.1 Å². The van der Waals surface area contributed by atoms with Gasteiger partial charge in [-0.05, 0) is 36.0 Å². The lowest BCUT2D eigenvalue weighted by atomic mass is 9.78. The molecule has 3 atom stereocenters. The molecular weight excluding hydrogens is 444 g/mol. The van der Waals surface area contributed by atoms with Crippen LogP contribution in [-0.4, -0.2) is 34.5 Å². The molecule has 35 heavy (non-hydrogen) atoms. The van der Waals surface area contributed by atoms with E-state index in [2.05, 4.69) is 15.6 Å². The van der Waals surface area contributed by atoms with Crippen LogP contribution in [0.1, 0.15) is 43.5 Å². The molecule has 0 spiro atoms. The minimum Gasteiger partial charge on any atom is -0.445 e. The molecule has 0 fully saturated rings. The maximum Gasteiger partial charge on any atom is 0.408 e. The average molecular weight is 477 g/mol. The van der Waals surface area contributed by atoms with Gasteiger partial charge in [-0.3, -0.25) is 9.59 Å². The lowest BCUT2D eigenvalue weighted by Gasteiger charge is -2.37. The van der Waals surface area contributed by atoms with Gasteiger partial charge in [-0.25, -0.2) is 4.79 Å². The SMILES string of the molecule is CC[C@H](C)[C@H](NC(=O)OCc1ccccc1)C(=O)N[C@@]1(C(N)=O)CCc2[nH]c3ccccc3c2C1. The lowest BCUT2D eigenvalue weighted by Crippen LogP contribution is -2.64. The van der Waals surface area contributed by atoms with Gasteiger partial charge in [0.25, 0.3) is 0 Å². The number of carbonyl (C=O) groups excluding carboxylic acids is 3. The first-order valence-corrected chi connectivity index (χ1v) is 12.0. The fourth-order valence-corrected chi connectivity index (χ4v) is 4.69. The summed E-state index contributed by atoms with van der Waals surface area (Å²) in [6, 6.07) is 16.3. The predicted molar refractivity (Wildman–Crippen MR) is 133 cm³/mol. The van der Waals surface area contributed by atoms with Gasteiger partial charge in [0.05, 0.1) is 0 Å². The summed E-state index contributed by atoms with van der Waals surface area (Å²) in [6.07, 6.45) is 1.20. The fourth-order valence-electron chi connectivity index (χ4n) is 4.69. The molecule has 5 N–H and O–H groups in total. The van der Waals surface area contributed by atoms with Crippen molar-refractivity contribution in [3.8, 4) is 0 Å². The zero-order valence-electron chi connectivity index (χ0n) is 20.1. The number of aromatic amines is 1. The first kappa shape index (κ1) is 24.3. The number of amides is 3. The molecule has 0 saturated carbocycles. The third kappa shape index (κ3) is 5.16. The third-order valence-corrected chi connectivity index (χ3v) is 7.00. The minimum absolute atomic E-state index is 0.0933. The van der Waals surface area contributed by atoms with Crippen molar-refractivity contribution in [3.05, 3.63) is 71.4 Å². The fraction of sp³-hybridized carbons (Fsp3) is 0.370. The molecule has 1 aliphatic rings. The molecule has 3 aromatic rings. The highest BCUT2D eigenvalue weighted by atomic mass is 16.5. The molecule has 0 radical (unpaired) electrons. The van der Waals surface area contributed by atoms with E-state index in [-0.39, 0.29) is 12.5 Å². The van der Waals surface area contributed by atoms with Crippen LogP contribution in [0.15, 0.2) is 54.6 Å². The number of alkyl carbamates (subject to hydrolysis) is 1. The monoisotopic (exact) mass is 476 g/mol. The Morgan fingerprint density at radius 3 is 2.54 bits per heavy atom. The summed E-state index contributed by atoms with van der Waals surface area (Å²) in [4.78, 5) is 42.1. The van der Waals surface area contributed by atoms with Gasteiger partial charge in [-0.2, -0.15) is 0 Å². The van der Waals surface area contributed by atoms with Crippen molar-refractivity contribution in [2.45, 2.75) is 57.7 Å². The Kier molecular flexibility index (Phi) is 7.10. The van der Waals surface area contributed by atoms with Crippen LogP contribution < -0.4 is 16.4 Å². The number of rotatable bonds is 8. The van der Waals surface area contributed by atoms with Crippen molar-refractivity contribution in [2.24, 2.45) is 11.7 Å². The number of hydrogen-bond acceptors (Lipinski definition) is 4. The van der Waals surface area contributed by atoms with Crippen LogP contribution in [0.5, 0.6) is 0 Å². The quantitative estimate of drug-likeness (QED) is 0.398. The van der Waals surface area contributed by atoms with Gasteiger partial charge in [-0.1, -0.05) is 68.8 Å². The molecular formula is C27H32N4O4. The molecule has 0 aliphatic heterocycles. The van der Waals surface area contributed by atoms with E-state index >= 15 is 0 Å². The highest BCUT2D eigenvalue weighted by molar-refractivity contribution is 5.95. The van der Waals surface area contributed by atoms with Gasteiger partial charge < -0.3 is 26.1 Å². The van der Waals surface area contributed by atoms with Crippen molar-refractivity contribution in [1.29, 1.82) is 0 Å². The number of aryl methyl sites for hydroxylation is 1. The minimum atomic E-state index is -1.24. The molecule has 8 nitrogen and oxygen atoms in total. The number of nitrogens with two attached hydrogens (primary N) is 1. The summed E-state index contributed by atoms with van der Waals surface area (Å²) in [7, 11) is 0. The van der Waals surface area contributed by atoms with Crippen molar-refractivity contribution >= 4 is 28.8 Å². The van der Waals surface area contributed by atoms with E-state index in [1.807, 2.05) is 68.4 Å². The smallest absolute Gasteiger partial charge is 0.408 e. The van der Waals surface area contributed by atoms with E-state index in [1.54, 1.807) is 0 Å². The number of primary amides is 1. The number of hydrogen-bond donors (Lipinski definition) is 4. The standard InChI is InChI=1S/C27H32N4O4/c1-3-17(2)23(30-26(34)35-16-18-9-5-4-6-10-18)24(32)31-27(25(28)33)14-13-22-20(15-27)19-11-7-8-12-21(19)29-22/h4-12,17,23,29H,3,13-16H2,1-2H3,(H2,28,33)(H,30,34)(H,31,32)/t17-,23-,27-/m0/s1. The molecule has 0 saturated heterocycles. The predicted octanol–water partition coefficient (Wildman–Crippen LogP) is 3.34. The maximum atomic E-state index is 13.4. The highest BCUT2D eigenvalue weighted by Crippen LogP contribution is 2.34. The summed E-state index contributed by atoms with van der Waals surface area (Å²) in [5, 5.41) is 6.64.